The Hall–Kier alpha value is -4.01. The van der Waals surface area contributed by atoms with Crippen molar-refractivity contribution >= 4 is 17.5 Å². The third kappa shape index (κ3) is 4.88. The zero-order valence-corrected chi connectivity index (χ0v) is 15.8. The van der Waals surface area contributed by atoms with Gasteiger partial charge in [0.25, 0.3) is 5.91 Å². The van der Waals surface area contributed by atoms with Gasteiger partial charge in [0.05, 0.1) is 18.9 Å². The number of primary amides is 1. The van der Waals surface area contributed by atoms with E-state index >= 15 is 0 Å². The minimum atomic E-state index is -0.676. The summed E-state index contributed by atoms with van der Waals surface area (Å²) in [7, 11) is 1.32. The van der Waals surface area contributed by atoms with Gasteiger partial charge >= 0.3 is 0 Å². The number of nitrogens with zero attached hydrogens (tertiary/aromatic N) is 1. The molecule has 154 valence electrons. The van der Waals surface area contributed by atoms with Gasteiger partial charge in [0.1, 0.15) is 18.2 Å². The minimum absolute atomic E-state index is 0.0164. The number of anilines is 1. The Morgan fingerprint density at radius 3 is 2.53 bits per heavy atom. The molecule has 0 bridgehead atoms. The van der Waals surface area contributed by atoms with Crippen molar-refractivity contribution in [2.45, 2.75) is 6.61 Å². The lowest BCUT2D eigenvalue weighted by Gasteiger charge is -2.11. The van der Waals surface area contributed by atoms with E-state index in [0.717, 1.165) is 6.07 Å². The summed E-state index contributed by atoms with van der Waals surface area (Å²) in [4.78, 5) is 27.4. The van der Waals surface area contributed by atoms with Gasteiger partial charge in [-0.25, -0.2) is 8.78 Å². The number of hydrogen-bond donors (Lipinski definition) is 2. The molecule has 1 heterocycles. The highest BCUT2D eigenvalue weighted by molar-refractivity contribution is 6.04. The lowest BCUT2D eigenvalue weighted by atomic mass is 10.1. The molecule has 1 aromatic heterocycles. The summed E-state index contributed by atoms with van der Waals surface area (Å²) in [6, 6.07) is 9.09. The Kier molecular flexibility index (Phi) is 6.21. The van der Waals surface area contributed by atoms with E-state index in [-0.39, 0.29) is 34.8 Å². The van der Waals surface area contributed by atoms with Gasteiger partial charge in [-0.1, -0.05) is 0 Å². The first-order chi connectivity index (χ1) is 14.4. The normalized spacial score (nSPS) is 10.4. The van der Waals surface area contributed by atoms with Gasteiger partial charge in [-0.15, -0.1) is 0 Å². The van der Waals surface area contributed by atoms with Crippen LogP contribution in [0.5, 0.6) is 11.5 Å². The molecule has 2 amide bonds. The van der Waals surface area contributed by atoms with E-state index in [4.69, 9.17) is 15.2 Å². The van der Waals surface area contributed by atoms with Crippen LogP contribution < -0.4 is 20.5 Å². The molecule has 0 aliphatic carbocycles. The van der Waals surface area contributed by atoms with Gasteiger partial charge in [-0.05, 0) is 42.5 Å². The van der Waals surface area contributed by atoms with E-state index in [1.54, 1.807) is 0 Å². The number of aromatic nitrogens is 1. The van der Waals surface area contributed by atoms with Crippen molar-refractivity contribution in [3.8, 4) is 11.5 Å². The van der Waals surface area contributed by atoms with Crippen LogP contribution in [0.1, 0.15) is 26.3 Å². The Balaban J connectivity index is 1.72. The predicted octanol–water partition coefficient (Wildman–Crippen LogP) is 3.30. The average molecular weight is 413 g/mol. The number of halogens is 2. The molecule has 2 aromatic carbocycles. The number of rotatable bonds is 7. The van der Waals surface area contributed by atoms with Crippen LogP contribution in [0.15, 0.2) is 54.9 Å². The lowest BCUT2D eigenvalue weighted by Crippen LogP contribution is -2.13. The molecule has 0 spiro atoms. The van der Waals surface area contributed by atoms with Gasteiger partial charge in [-0.3, -0.25) is 14.6 Å². The molecule has 0 aliphatic heterocycles. The first kappa shape index (κ1) is 20.7. The third-order valence-electron chi connectivity index (χ3n) is 4.11. The van der Waals surface area contributed by atoms with E-state index in [1.165, 1.54) is 55.9 Å². The Morgan fingerprint density at radius 2 is 1.83 bits per heavy atom. The third-order valence-corrected chi connectivity index (χ3v) is 4.11. The van der Waals surface area contributed by atoms with Crippen LogP contribution in [0.2, 0.25) is 0 Å². The largest absolute Gasteiger partial charge is 0.494 e. The van der Waals surface area contributed by atoms with Crippen LogP contribution in [-0.4, -0.2) is 23.9 Å². The molecule has 7 nitrogen and oxygen atoms in total. The van der Waals surface area contributed by atoms with Crippen LogP contribution in [0.4, 0.5) is 14.5 Å². The maximum absolute atomic E-state index is 14.1. The van der Waals surface area contributed by atoms with E-state index in [2.05, 4.69) is 10.3 Å². The van der Waals surface area contributed by atoms with Crippen molar-refractivity contribution in [3.05, 3.63) is 83.2 Å². The molecular formula is C21H17F2N3O4. The summed E-state index contributed by atoms with van der Waals surface area (Å²) < 4.78 is 38.2. The van der Waals surface area contributed by atoms with Gasteiger partial charge in [0.15, 0.2) is 11.6 Å². The second kappa shape index (κ2) is 8.99. The van der Waals surface area contributed by atoms with E-state index in [9.17, 15) is 18.4 Å². The van der Waals surface area contributed by atoms with E-state index in [1.807, 2.05) is 0 Å². The molecule has 0 saturated carbocycles. The highest BCUT2D eigenvalue weighted by Gasteiger charge is 2.12. The number of carbonyl (C=O) groups excluding carboxylic acids is 2. The predicted molar refractivity (Wildman–Crippen MR) is 104 cm³/mol. The smallest absolute Gasteiger partial charge is 0.255 e. The number of ether oxygens (including phenoxy) is 2. The lowest BCUT2D eigenvalue weighted by molar-refractivity contribution is 0.0997. The average Bonchev–Trinajstić information content (AvgIpc) is 2.74. The molecule has 0 aliphatic rings. The Labute approximate surface area is 170 Å². The molecule has 0 fully saturated rings. The molecule has 3 aromatic rings. The number of carbonyl (C=O) groups is 2. The topological polar surface area (TPSA) is 104 Å². The summed E-state index contributed by atoms with van der Waals surface area (Å²) in [6.07, 6.45) is 2.64. The van der Waals surface area contributed by atoms with Crippen molar-refractivity contribution in [1.82, 2.24) is 4.98 Å². The highest BCUT2D eigenvalue weighted by atomic mass is 19.1. The van der Waals surface area contributed by atoms with Gasteiger partial charge in [0.2, 0.25) is 5.91 Å². The van der Waals surface area contributed by atoms with Crippen molar-refractivity contribution in [3.63, 3.8) is 0 Å². The number of amides is 2. The molecule has 0 unspecified atom stereocenters. The van der Waals surface area contributed by atoms with Crippen molar-refractivity contribution in [2.24, 2.45) is 5.73 Å². The SMILES string of the molecule is COc1ccc(C(=O)Nc2ccc(F)c(COc3cncc(C(N)=O)c3)c2)cc1F. The van der Waals surface area contributed by atoms with Gasteiger partial charge < -0.3 is 20.5 Å². The Bertz CT molecular complexity index is 1110. The number of nitrogens with two attached hydrogens (primary N) is 1. The Morgan fingerprint density at radius 1 is 1.03 bits per heavy atom. The molecule has 0 saturated heterocycles. The highest BCUT2D eigenvalue weighted by Crippen LogP contribution is 2.21. The fourth-order valence-corrected chi connectivity index (χ4v) is 2.57. The van der Waals surface area contributed by atoms with Crippen LogP contribution in [0.25, 0.3) is 0 Å². The summed E-state index contributed by atoms with van der Waals surface area (Å²) in [6.45, 7) is -0.184. The first-order valence-electron chi connectivity index (χ1n) is 8.68. The van der Waals surface area contributed by atoms with Crippen molar-refractivity contribution in [2.75, 3.05) is 12.4 Å². The summed E-state index contributed by atoms with van der Waals surface area (Å²) >= 11 is 0. The second-order valence-electron chi connectivity index (χ2n) is 6.17. The minimum Gasteiger partial charge on any atom is -0.494 e. The van der Waals surface area contributed by atoms with Gasteiger partial charge in [0, 0.05) is 23.0 Å². The van der Waals surface area contributed by atoms with E-state index in [0.29, 0.717) is 5.69 Å². The monoisotopic (exact) mass is 413 g/mol. The fourth-order valence-electron chi connectivity index (χ4n) is 2.57. The zero-order valence-electron chi connectivity index (χ0n) is 15.8. The number of hydrogen-bond acceptors (Lipinski definition) is 5. The molecular weight excluding hydrogens is 396 g/mol. The molecule has 3 N–H and O–H groups in total. The maximum atomic E-state index is 14.1. The number of nitrogens with one attached hydrogen (secondary N) is 1. The number of benzene rings is 2. The van der Waals surface area contributed by atoms with Crippen LogP contribution in [0.3, 0.4) is 0 Å². The molecule has 3 rings (SSSR count). The zero-order chi connectivity index (χ0) is 21.7. The fraction of sp³-hybridized carbons (Fsp3) is 0.0952. The van der Waals surface area contributed by atoms with Crippen molar-refractivity contribution < 1.29 is 27.8 Å². The summed E-state index contributed by atoms with van der Waals surface area (Å²) in [5.74, 6) is -2.23. The maximum Gasteiger partial charge on any atom is 0.255 e. The number of methoxy groups -OCH3 is 1. The standard InChI is InChI=1S/C21H17F2N3O4/c1-29-19-5-2-12(8-18(19)23)21(28)26-15-3-4-17(22)14(6-15)11-30-16-7-13(20(24)27)9-25-10-16/h2-10H,11H2,1H3,(H2,24,27)(H,26,28). The summed E-state index contributed by atoms with van der Waals surface area (Å²) in [5.41, 5.74) is 5.86. The van der Waals surface area contributed by atoms with Crippen LogP contribution in [0, 0.1) is 11.6 Å². The van der Waals surface area contributed by atoms with Crippen LogP contribution in [-0.2, 0) is 6.61 Å². The molecule has 0 radical (unpaired) electrons. The van der Waals surface area contributed by atoms with Gasteiger partial charge in [-0.2, -0.15) is 0 Å². The molecule has 30 heavy (non-hydrogen) atoms. The molecule has 0 atom stereocenters. The molecule has 9 heteroatoms. The number of pyridine rings is 1. The van der Waals surface area contributed by atoms with Crippen LogP contribution >= 0.6 is 0 Å². The first-order valence-corrected chi connectivity index (χ1v) is 8.68. The van der Waals surface area contributed by atoms with E-state index < -0.39 is 23.4 Å². The second-order valence-corrected chi connectivity index (χ2v) is 6.17. The van der Waals surface area contributed by atoms with Crippen molar-refractivity contribution in [1.29, 1.82) is 0 Å². The summed E-state index contributed by atoms with van der Waals surface area (Å²) in [5, 5.41) is 2.57. The quantitative estimate of drug-likeness (QED) is 0.619.